The lowest BCUT2D eigenvalue weighted by molar-refractivity contribution is 0.104. The van der Waals surface area contributed by atoms with Gasteiger partial charge in [-0.05, 0) is 42.0 Å². The number of nitrogens with zero attached hydrogens (tertiary/aromatic N) is 2. The van der Waals surface area contributed by atoms with E-state index >= 15 is 0 Å². The van der Waals surface area contributed by atoms with Crippen LogP contribution < -0.4 is 11.5 Å². The molecule has 0 aliphatic carbocycles. The van der Waals surface area contributed by atoms with Crippen molar-refractivity contribution in [3.05, 3.63) is 74.0 Å². The number of nitriles is 1. The maximum Gasteiger partial charge on any atom is 0.205 e. The van der Waals surface area contributed by atoms with Gasteiger partial charge in [-0.1, -0.05) is 39.7 Å². The molecule has 2 heterocycles. The monoisotopic (exact) mass is 482 g/mol. The fourth-order valence-corrected chi connectivity index (χ4v) is 4.55. The first-order valence-electron chi connectivity index (χ1n) is 8.38. The summed E-state index contributed by atoms with van der Waals surface area (Å²) >= 11 is 10.5. The van der Waals surface area contributed by atoms with Crippen LogP contribution >= 0.6 is 38.9 Å². The van der Waals surface area contributed by atoms with E-state index < -0.39 is 0 Å². The average Bonchev–Trinajstić information content (AvgIpc) is 3.03. The second-order valence-electron chi connectivity index (χ2n) is 6.23. The summed E-state index contributed by atoms with van der Waals surface area (Å²) in [5, 5.41) is 10.8. The third-order valence-electron chi connectivity index (χ3n) is 4.46. The van der Waals surface area contributed by atoms with Crippen molar-refractivity contribution in [2.45, 2.75) is 0 Å². The van der Waals surface area contributed by atoms with Crippen LogP contribution in [-0.4, -0.2) is 10.8 Å². The van der Waals surface area contributed by atoms with Crippen molar-refractivity contribution in [1.82, 2.24) is 4.98 Å². The number of carbonyl (C=O) groups excluding carboxylic acids is 1. The van der Waals surface area contributed by atoms with Crippen molar-refractivity contribution in [3.63, 3.8) is 0 Å². The van der Waals surface area contributed by atoms with E-state index in [1.165, 1.54) is 0 Å². The van der Waals surface area contributed by atoms with E-state index in [0.29, 0.717) is 31.2 Å². The van der Waals surface area contributed by atoms with Crippen LogP contribution in [0.15, 0.2) is 53.0 Å². The molecule has 0 saturated heterocycles. The van der Waals surface area contributed by atoms with E-state index in [9.17, 15) is 10.1 Å². The summed E-state index contributed by atoms with van der Waals surface area (Å²) in [6.45, 7) is 0. The predicted molar refractivity (Wildman–Crippen MR) is 121 cm³/mol. The number of nitrogens with two attached hydrogens (primary N) is 2. The largest absolute Gasteiger partial charge is 0.397 e. The van der Waals surface area contributed by atoms with Gasteiger partial charge in [-0.3, -0.25) is 4.79 Å². The Morgan fingerprint density at radius 1 is 1.10 bits per heavy atom. The second kappa shape index (κ2) is 7.48. The number of aromatic nitrogens is 1. The Balaban J connectivity index is 2.00. The van der Waals surface area contributed by atoms with Gasteiger partial charge in [0.05, 0.1) is 5.69 Å². The highest BCUT2D eigenvalue weighted by Gasteiger charge is 2.24. The van der Waals surface area contributed by atoms with Gasteiger partial charge in [-0.2, -0.15) is 5.26 Å². The fraction of sp³-hybridized carbons (Fsp3) is 0. The number of ketones is 1. The molecule has 142 valence electrons. The number of carbonyl (C=O) groups is 1. The first kappa shape index (κ1) is 19.4. The van der Waals surface area contributed by atoms with Crippen molar-refractivity contribution >= 4 is 66.4 Å². The molecule has 0 bridgehead atoms. The number of benzene rings is 2. The van der Waals surface area contributed by atoms with Gasteiger partial charge in [0.2, 0.25) is 5.78 Å². The second-order valence-corrected chi connectivity index (χ2v) is 8.58. The van der Waals surface area contributed by atoms with Crippen molar-refractivity contribution in [1.29, 1.82) is 5.26 Å². The van der Waals surface area contributed by atoms with Crippen LogP contribution in [0.2, 0.25) is 5.02 Å². The lowest BCUT2D eigenvalue weighted by atomic mass is 9.97. The Morgan fingerprint density at radius 3 is 2.38 bits per heavy atom. The summed E-state index contributed by atoms with van der Waals surface area (Å²) in [5.74, 6) is -0.134. The molecular weight excluding hydrogens is 472 g/mol. The minimum atomic E-state index is -0.235. The van der Waals surface area contributed by atoms with Gasteiger partial charge in [0.15, 0.2) is 0 Å². The molecular formula is C21H12BrClN4OS. The number of hydrogen-bond donors (Lipinski definition) is 2. The molecule has 5 nitrogen and oxygen atoms in total. The maximum atomic E-state index is 13.0. The number of thiophene rings is 1. The number of rotatable bonds is 3. The molecule has 29 heavy (non-hydrogen) atoms. The number of halogens is 2. The molecule has 8 heteroatoms. The van der Waals surface area contributed by atoms with E-state index in [0.717, 1.165) is 21.4 Å². The van der Waals surface area contributed by atoms with Gasteiger partial charge in [0, 0.05) is 26.0 Å². The van der Waals surface area contributed by atoms with Crippen molar-refractivity contribution in [2.75, 3.05) is 11.5 Å². The SMILES string of the molecule is N#Cc1c(N)nc2sc(C(=O)c3ccc(Cl)cc3)c(N)c2c1-c1ccc(Br)cc1. The quantitative estimate of drug-likeness (QED) is 0.366. The molecule has 4 N–H and O–H groups in total. The lowest BCUT2D eigenvalue weighted by Crippen LogP contribution is -2.02. The first-order valence-corrected chi connectivity index (χ1v) is 10.4. The van der Waals surface area contributed by atoms with Crippen LogP contribution in [0.1, 0.15) is 20.8 Å². The highest BCUT2D eigenvalue weighted by molar-refractivity contribution is 9.10. The minimum absolute atomic E-state index is 0.102. The molecule has 0 spiro atoms. The molecule has 2 aromatic heterocycles. The van der Waals surface area contributed by atoms with Crippen LogP contribution in [0.25, 0.3) is 21.3 Å². The fourth-order valence-electron chi connectivity index (χ4n) is 3.09. The molecule has 0 atom stereocenters. The molecule has 0 amide bonds. The molecule has 0 fully saturated rings. The van der Waals surface area contributed by atoms with Gasteiger partial charge in [-0.25, -0.2) is 4.98 Å². The van der Waals surface area contributed by atoms with E-state index in [1.54, 1.807) is 24.3 Å². The zero-order valence-electron chi connectivity index (χ0n) is 14.7. The third kappa shape index (κ3) is 3.36. The van der Waals surface area contributed by atoms with Crippen LogP contribution in [0.4, 0.5) is 11.5 Å². The average molecular weight is 484 g/mol. The van der Waals surface area contributed by atoms with Gasteiger partial charge in [-0.15, -0.1) is 11.3 Å². The topological polar surface area (TPSA) is 106 Å². The summed E-state index contributed by atoms with van der Waals surface area (Å²) in [5.41, 5.74) is 14.8. The molecule has 4 aromatic rings. The number of nitrogen functional groups attached to an aromatic ring is 2. The first-order chi connectivity index (χ1) is 13.9. The Labute approximate surface area is 183 Å². The summed E-state index contributed by atoms with van der Waals surface area (Å²) in [6, 6.07) is 16.2. The molecule has 2 aromatic carbocycles. The van der Waals surface area contributed by atoms with Gasteiger partial charge < -0.3 is 11.5 Å². The molecule has 0 aliphatic heterocycles. The van der Waals surface area contributed by atoms with Gasteiger partial charge in [0.1, 0.15) is 27.2 Å². The van der Waals surface area contributed by atoms with E-state index in [2.05, 4.69) is 27.0 Å². The summed E-state index contributed by atoms with van der Waals surface area (Å²) in [7, 11) is 0. The molecule has 0 unspecified atom stereocenters. The maximum absolute atomic E-state index is 13.0. The third-order valence-corrected chi connectivity index (χ3v) is 6.34. The Hall–Kier alpha value is -2.92. The summed E-state index contributed by atoms with van der Waals surface area (Å²) in [4.78, 5) is 18.2. The molecule has 0 radical (unpaired) electrons. The molecule has 0 aliphatic rings. The molecule has 4 rings (SSSR count). The standard InChI is InChI=1S/C21H12BrClN4OS/c22-12-5-1-10(2-6-12)15-14(9-24)20(26)27-21-16(15)17(25)19(29-21)18(28)11-3-7-13(23)8-4-11/h1-8H,25H2,(H2,26,27). The Bertz CT molecular complexity index is 1310. The zero-order valence-corrected chi connectivity index (χ0v) is 17.9. The van der Waals surface area contributed by atoms with Crippen LogP contribution in [0.5, 0.6) is 0 Å². The highest BCUT2D eigenvalue weighted by atomic mass is 79.9. The summed E-state index contributed by atoms with van der Waals surface area (Å²) in [6.07, 6.45) is 0. The predicted octanol–water partition coefficient (Wildman–Crippen LogP) is 5.65. The summed E-state index contributed by atoms with van der Waals surface area (Å²) < 4.78 is 0.898. The zero-order chi connectivity index (χ0) is 20.7. The number of fused-ring (bicyclic) bond motifs is 1. The Morgan fingerprint density at radius 2 is 1.76 bits per heavy atom. The van der Waals surface area contributed by atoms with Gasteiger partial charge >= 0.3 is 0 Å². The van der Waals surface area contributed by atoms with Crippen LogP contribution in [0.3, 0.4) is 0 Å². The van der Waals surface area contributed by atoms with Crippen molar-refractivity contribution < 1.29 is 4.79 Å². The smallest absolute Gasteiger partial charge is 0.205 e. The van der Waals surface area contributed by atoms with Crippen molar-refractivity contribution in [2.24, 2.45) is 0 Å². The van der Waals surface area contributed by atoms with Crippen LogP contribution in [-0.2, 0) is 0 Å². The van der Waals surface area contributed by atoms with Gasteiger partial charge in [0.25, 0.3) is 0 Å². The minimum Gasteiger partial charge on any atom is -0.397 e. The van der Waals surface area contributed by atoms with Crippen molar-refractivity contribution in [3.8, 4) is 17.2 Å². The Kier molecular flexibility index (Phi) is 5.01. The van der Waals surface area contributed by atoms with Crippen LogP contribution in [0, 0.1) is 11.3 Å². The highest BCUT2D eigenvalue weighted by Crippen LogP contribution is 2.43. The van der Waals surface area contributed by atoms with E-state index in [1.807, 2.05) is 24.3 Å². The molecule has 0 saturated carbocycles. The normalized spacial score (nSPS) is 10.8. The number of anilines is 2. The lowest BCUT2D eigenvalue weighted by Gasteiger charge is -2.09. The number of pyridine rings is 1. The van der Waals surface area contributed by atoms with E-state index in [-0.39, 0.29) is 22.9 Å². The van der Waals surface area contributed by atoms with E-state index in [4.69, 9.17) is 23.1 Å². The number of hydrogen-bond acceptors (Lipinski definition) is 6.